The number of hydrogen-bond acceptors (Lipinski definition) is 8. The Bertz CT molecular complexity index is 8780. The van der Waals surface area contributed by atoms with Crippen LogP contribution in [0.4, 0.5) is 68.2 Å². The smallest absolute Gasteiger partial charge is 0.159 e. The Morgan fingerprint density at radius 2 is 0.421 bits per heavy atom. The summed E-state index contributed by atoms with van der Waals surface area (Å²) in [6, 6.07) is 134. The molecule has 0 saturated heterocycles. The summed E-state index contributed by atoms with van der Waals surface area (Å²) in [4.78, 5) is 9.63. The molecule has 0 aliphatic heterocycles. The van der Waals surface area contributed by atoms with E-state index in [2.05, 4.69) is 482 Å². The van der Waals surface area contributed by atoms with Gasteiger partial charge in [-0.05, 0) is 351 Å². The van der Waals surface area contributed by atoms with E-state index in [0.717, 1.165) is 167 Å². The molecule has 2 aliphatic carbocycles. The maximum atomic E-state index is 6.80. The van der Waals surface area contributed by atoms with Crippen LogP contribution < -0.4 is 19.6 Å². The lowest BCUT2D eigenvalue weighted by atomic mass is 9.78. The van der Waals surface area contributed by atoms with Gasteiger partial charge in [-0.3, -0.25) is 0 Å². The summed E-state index contributed by atoms with van der Waals surface area (Å²) in [6.07, 6.45) is 0. The normalized spacial score (nSPS) is 12.6. The van der Waals surface area contributed by atoms with Crippen LogP contribution in [0.1, 0.15) is 128 Å². The molecule has 0 unspecified atom stereocenters. The average molecular weight is 1810 g/mol. The molecule has 8 nitrogen and oxygen atoms in total. The van der Waals surface area contributed by atoms with Crippen molar-refractivity contribution in [2.24, 2.45) is 0 Å². The van der Waals surface area contributed by atoms with Crippen molar-refractivity contribution >= 4 is 199 Å². The minimum atomic E-state index is -0.0288. The molecule has 4 heterocycles. The van der Waals surface area contributed by atoms with Crippen molar-refractivity contribution in [3.05, 3.63) is 408 Å². The van der Waals surface area contributed by atoms with E-state index in [9.17, 15) is 0 Å². The van der Waals surface area contributed by atoms with Gasteiger partial charge in [-0.1, -0.05) is 277 Å². The second-order valence-corrected chi connectivity index (χ2v) is 43.1. The number of para-hydroxylation sites is 6. The molecular weight excluding hydrogens is 1710 g/mol. The maximum absolute atomic E-state index is 6.80. The molecule has 0 atom stereocenters. The van der Waals surface area contributed by atoms with E-state index >= 15 is 0 Å². The molecule has 680 valence electrons. The van der Waals surface area contributed by atoms with Crippen LogP contribution in [-0.2, 0) is 21.7 Å². The van der Waals surface area contributed by atoms with Gasteiger partial charge in [-0.2, -0.15) is 0 Å². The zero-order valence-corrected chi connectivity index (χ0v) is 82.1. The van der Waals surface area contributed by atoms with Crippen LogP contribution in [0.2, 0.25) is 0 Å². The number of nitrogens with zero attached hydrogens (tertiary/aromatic N) is 4. The summed E-state index contributed by atoms with van der Waals surface area (Å²) >= 11 is 0. The van der Waals surface area contributed by atoms with Crippen LogP contribution in [0.15, 0.2) is 382 Å². The van der Waals surface area contributed by atoms with E-state index in [0.29, 0.717) is 0 Å². The molecule has 0 fully saturated rings. The summed E-state index contributed by atoms with van der Waals surface area (Å²) in [5.74, 6) is 0. The number of hydrogen-bond donors (Lipinski definition) is 0. The average Bonchev–Trinajstić information content (AvgIpc) is 1.00. The minimum absolute atomic E-state index is 0.0145. The Hall–Kier alpha value is -16.2. The monoisotopic (exact) mass is 1810 g/mol. The largest absolute Gasteiger partial charge is 0.454 e. The molecule has 0 spiro atoms. The van der Waals surface area contributed by atoms with Crippen molar-refractivity contribution in [3.8, 4) is 44.5 Å². The molecule has 26 rings (SSSR count). The van der Waals surface area contributed by atoms with Gasteiger partial charge in [0.2, 0.25) is 0 Å². The molecule has 4 aromatic heterocycles. The third-order valence-corrected chi connectivity index (χ3v) is 29.7. The van der Waals surface area contributed by atoms with Crippen molar-refractivity contribution in [3.63, 3.8) is 0 Å². The predicted octanol–water partition coefficient (Wildman–Crippen LogP) is 39.2. The lowest BCUT2D eigenvalue weighted by Gasteiger charge is -2.31. The zero-order chi connectivity index (χ0) is 95.6. The topological polar surface area (TPSA) is 65.5 Å². The molecule has 8 heteroatoms. The Labute approximate surface area is 816 Å². The van der Waals surface area contributed by atoms with E-state index in [1.165, 1.54) is 121 Å². The van der Waals surface area contributed by atoms with Gasteiger partial charge in [0.05, 0.1) is 22.7 Å². The molecular formula is C132H108N4O4. The molecule has 24 aromatic rings. The quantitative estimate of drug-likeness (QED) is 0.120. The number of anilines is 12. The lowest BCUT2D eigenvalue weighted by molar-refractivity contribution is 0.590. The Kier molecular flexibility index (Phi) is 19.4. The highest BCUT2D eigenvalue weighted by Gasteiger charge is 2.34. The van der Waals surface area contributed by atoms with Gasteiger partial charge in [0.1, 0.15) is 22.3 Å². The highest BCUT2D eigenvalue weighted by Crippen LogP contribution is 2.58. The van der Waals surface area contributed by atoms with Crippen LogP contribution in [0, 0.1) is 27.7 Å². The standard InChI is InChI=1S/C68H58N2O2.C64H50N2O2/c1-39-19-25-47(67(5,6)7)37-59(39)69(63-41(3)21-29-53-51-15-11-13-17-61(51)71-65(53)63)49-27-23-43-33-55-57(35-45(43)31-49)56-34-44-24-28-50(32-46(44)36-58(55)56)70(60-38-48(68(8,9)10)26-20-40(60)2)64-42(4)22-30-54-52-16-12-14-18-62(52)72-66(54)64;1-63(2,3)43-15-11-17-45(37-43)65(57-23-13-21-51-49-19-7-9-25-59(49)67-61(51)57)47-29-27-39-33-53-55(35-41(39)31-47)54-34-40-28-30-48(32-42(40)36-56(53)54)66(46-18-12-16-44(38-46)64(4,5)6)58-24-14-22-52-50-20-8-10-26-60(50)68-62(52)58/h11-38H,1-10H3;7-38H,1-6H3. The third-order valence-electron chi connectivity index (χ3n) is 29.7. The summed E-state index contributed by atoms with van der Waals surface area (Å²) in [5.41, 5.74) is 40.2. The van der Waals surface area contributed by atoms with Gasteiger partial charge in [-0.15, -0.1) is 0 Å². The first-order chi connectivity index (χ1) is 67.5. The Balaban J connectivity index is 0.000000148. The lowest BCUT2D eigenvalue weighted by Crippen LogP contribution is -2.16. The van der Waals surface area contributed by atoms with Gasteiger partial charge in [0.25, 0.3) is 0 Å². The van der Waals surface area contributed by atoms with Crippen molar-refractivity contribution in [1.29, 1.82) is 0 Å². The van der Waals surface area contributed by atoms with Crippen molar-refractivity contribution in [1.82, 2.24) is 0 Å². The molecule has 0 bridgehead atoms. The van der Waals surface area contributed by atoms with Crippen LogP contribution in [0.3, 0.4) is 0 Å². The van der Waals surface area contributed by atoms with Crippen LogP contribution in [-0.4, -0.2) is 0 Å². The maximum Gasteiger partial charge on any atom is 0.159 e. The fourth-order valence-electron chi connectivity index (χ4n) is 22.0. The summed E-state index contributed by atoms with van der Waals surface area (Å²) < 4.78 is 27.0. The van der Waals surface area contributed by atoms with Gasteiger partial charge >= 0.3 is 0 Å². The third kappa shape index (κ3) is 14.1. The van der Waals surface area contributed by atoms with Gasteiger partial charge < -0.3 is 37.3 Å². The van der Waals surface area contributed by atoms with E-state index in [1.54, 1.807) is 0 Å². The van der Waals surface area contributed by atoms with E-state index in [-0.39, 0.29) is 21.7 Å². The van der Waals surface area contributed by atoms with Crippen molar-refractivity contribution < 1.29 is 17.7 Å². The first kappa shape index (κ1) is 85.5. The number of rotatable bonds is 12. The SMILES string of the molecule is CC(C)(C)c1cccc(N(c2ccc3cc4c(cc3c2)-c2cc3ccc(N(c5cccc(C(C)(C)C)c5)c5cccc6c5oc5ccccc56)cc3cc2-4)c2cccc3c2oc2ccccc23)c1.Cc1ccc(C(C)(C)C)cc1N(c1ccc2cc3c(cc2c1)-c1cc2ccc(N(c4cc(C(C)(C)C)ccc4C)c4c(C)ccc5c4oc4ccccc45)cc2cc1-3)c1c(C)ccc2c1oc1ccccc12. The highest BCUT2D eigenvalue weighted by atomic mass is 16.3. The molecule has 0 amide bonds. The number of benzene rings is 20. The van der Waals surface area contributed by atoms with Crippen LogP contribution >= 0.6 is 0 Å². The first-order valence-electron chi connectivity index (χ1n) is 49.1. The summed E-state index contributed by atoms with van der Waals surface area (Å²) in [5, 5.41) is 18.6. The second-order valence-electron chi connectivity index (χ2n) is 43.1. The van der Waals surface area contributed by atoms with E-state index in [1.807, 2.05) is 12.1 Å². The highest BCUT2D eigenvalue weighted by molar-refractivity contribution is 6.19. The Morgan fingerprint density at radius 3 is 0.736 bits per heavy atom. The second kappa shape index (κ2) is 31.7. The molecule has 20 aromatic carbocycles. The number of aryl methyl sites for hydroxylation is 4. The zero-order valence-electron chi connectivity index (χ0n) is 82.1. The van der Waals surface area contributed by atoms with Crippen LogP contribution in [0.5, 0.6) is 0 Å². The number of fused-ring (bicyclic) bond motifs is 24. The van der Waals surface area contributed by atoms with Gasteiger partial charge in [0.15, 0.2) is 22.3 Å². The molecule has 140 heavy (non-hydrogen) atoms. The summed E-state index contributed by atoms with van der Waals surface area (Å²) in [6.45, 7) is 36.2. The number of furan rings is 4. The van der Waals surface area contributed by atoms with Crippen molar-refractivity contribution in [2.45, 2.75) is 132 Å². The minimum Gasteiger partial charge on any atom is -0.454 e. The molecule has 0 saturated carbocycles. The predicted molar refractivity (Wildman–Crippen MR) is 593 cm³/mol. The molecule has 0 radical (unpaired) electrons. The van der Waals surface area contributed by atoms with E-state index < -0.39 is 0 Å². The molecule has 0 N–H and O–H groups in total. The Morgan fingerprint density at radius 1 is 0.171 bits per heavy atom. The fraction of sp³-hybridized carbons (Fsp3) is 0.152. The fourth-order valence-corrected chi connectivity index (χ4v) is 22.0. The molecule has 2 aliphatic rings. The van der Waals surface area contributed by atoms with Gasteiger partial charge in [0, 0.05) is 88.6 Å². The van der Waals surface area contributed by atoms with Crippen LogP contribution in [0.25, 0.3) is 175 Å². The first-order valence-corrected chi connectivity index (χ1v) is 49.1. The van der Waals surface area contributed by atoms with Gasteiger partial charge in [-0.25, -0.2) is 0 Å². The van der Waals surface area contributed by atoms with E-state index in [4.69, 9.17) is 17.7 Å². The van der Waals surface area contributed by atoms with Crippen molar-refractivity contribution in [2.75, 3.05) is 19.6 Å². The summed E-state index contributed by atoms with van der Waals surface area (Å²) in [7, 11) is 0.